The van der Waals surface area contributed by atoms with Crippen LogP contribution in [0.25, 0.3) is 6.08 Å². The smallest absolute Gasteiger partial charge is 0.284 e. The second-order valence-corrected chi connectivity index (χ2v) is 5.22. The van der Waals surface area contributed by atoms with Gasteiger partial charge in [0.15, 0.2) is 0 Å². The Kier molecular flexibility index (Phi) is 5.50. The number of furan rings is 1. The van der Waals surface area contributed by atoms with E-state index in [1.165, 1.54) is 12.1 Å². The van der Waals surface area contributed by atoms with Gasteiger partial charge in [-0.3, -0.25) is 4.79 Å². The van der Waals surface area contributed by atoms with Gasteiger partial charge in [-0.25, -0.2) is 0 Å². The van der Waals surface area contributed by atoms with Crippen LogP contribution in [-0.4, -0.2) is 11.5 Å². The van der Waals surface area contributed by atoms with Gasteiger partial charge in [0.05, 0.1) is 5.75 Å². The van der Waals surface area contributed by atoms with Crippen molar-refractivity contribution < 1.29 is 18.0 Å². The average Bonchev–Trinajstić information content (AvgIpc) is 2.98. The maximum atomic E-state index is 12.2. The molecular weight excluding hydrogens is 308 g/mol. The number of halogens is 2. The molecule has 0 unspecified atom stereocenters. The zero-order valence-corrected chi connectivity index (χ0v) is 12.1. The SMILES string of the molecule is N#C/C(=C\c1ccc(CSC(F)F)o1)C(=O)c1ccccc1. The molecule has 0 fully saturated rings. The summed E-state index contributed by atoms with van der Waals surface area (Å²) in [6.45, 7) is 0. The average molecular weight is 319 g/mol. The topological polar surface area (TPSA) is 54.0 Å². The minimum atomic E-state index is -2.47. The molecule has 0 radical (unpaired) electrons. The van der Waals surface area contributed by atoms with Crippen molar-refractivity contribution in [1.82, 2.24) is 0 Å². The van der Waals surface area contributed by atoms with E-state index in [4.69, 9.17) is 9.68 Å². The van der Waals surface area contributed by atoms with Crippen molar-refractivity contribution in [3.63, 3.8) is 0 Å². The first-order valence-electron chi connectivity index (χ1n) is 6.30. The van der Waals surface area contributed by atoms with Crippen LogP contribution in [0.1, 0.15) is 21.9 Å². The third kappa shape index (κ3) is 4.30. The van der Waals surface area contributed by atoms with E-state index in [1.807, 2.05) is 6.07 Å². The van der Waals surface area contributed by atoms with E-state index >= 15 is 0 Å². The lowest BCUT2D eigenvalue weighted by Crippen LogP contribution is -2.01. The molecule has 0 atom stereocenters. The number of carbonyl (C=O) groups excluding carboxylic acids is 1. The summed E-state index contributed by atoms with van der Waals surface area (Å²) in [5.74, 6) is -2.21. The second-order valence-electron chi connectivity index (χ2n) is 4.24. The largest absolute Gasteiger partial charge is 0.461 e. The molecule has 1 aromatic carbocycles. The van der Waals surface area contributed by atoms with Crippen molar-refractivity contribution in [3.05, 3.63) is 65.1 Å². The van der Waals surface area contributed by atoms with Gasteiger partial charge in [0, 0.05) is 11.6 Å². The molecule has 0 amide bonds. The Hall–Kier alpha value is -2.39. The first-order valence-corrected chi connectivity index (χ1v) is 7.35. The molecule has 112 valence electrons. The maximum Gasteiger partial charge on any atom is 0.284 e. The van der Waals surface area contributed by atoms with Crippen LogP contribution in [0, 0.1) is 11.3 Å². The van der Waals surface area contributed by atoms with Gasteiger partial charge in [0.1, 0.15) is 23.2 Å². The fourth-order valence-corrected chi connectivity index (χ4v) is 2.18. The van der Waals surface area contributed by atoms with E-state index in [0.717, 1.165) is 0 Å². The first-order chi connectivity index (χ1) is 10.6. The molecule has 0 spiro atoms. The molecule has 2 aromatic rings. The molecule has 1 heterocycles. The quantitative estimate of drug-likeness (QED) is 0.446. The lowest BCUT2D eigenvalue weighted by atomic mass is 10.0. The highest BCUT2D eigenvalue weighted by Crippen LogP contribution is 2.22. The number of nitriles is 1. The fraction of sp³-hybridized carbons (Fsp3) is 0.125. The van der Waals surface area contributed by atoms with Gasteiger partial charge in [-0.1, -0.05) is 42.1 Å². The Balaban J connectivity index is 2.16. The summed E-state index contributed by atoms with van der Waals surface area (Å²) in [5.41, 5.74) is 0.323. The molecule has 0 N–H and O–H groups in total. The molecular formula is C16H11F2NO2S. The maximum absolute atomic E-state index is 12.2. The van der Waals surface area contributed by atoms with Gasteiger partial charge in [-0.15, -0.1) is 0 Å². The van der Waals surface area contributed by atoms with E-state index in [2.05, 4.69) is 0 Å². The summed E-state index contributed by atoms with van der Waals surface area (Å²) in [6.07, 6.45) is 1.31. The fourth-order valence-electron chi connectivity index (χ4n) is 1.73. The lowest BCUT2D eigenvalue weighted by Gasteiger charge is -1.98. The zero-order valence-electron chi connectivity index (χ0n) is 11.3. The molecule has 0 saturated heterocycles. The van der Waals surface area contributed by atoms with Crippen LogP contribution in [0.4, 0.5) is 8.78 Å². The molecule has 0 aliphatic heterocycles. The van der Waals surface area contributed by atoms with Crippen LogP contribution in [0.3, 0.4) is 0 Å². The number of rotatable bonds is 6. The van der Waals surface area contributed by atoms with E-state index in [-0.39, 0.29) is 17.1 Å². The van der Waals surface area contributed by atoms with Crippen molar-refractivity contribution in [1.29, 1.82) is 5.26 Å². The van der Waals surface area contributed by atoms with Gasteiger partial charge in [0.25, 0.3) is 5.76 Å². The number of alkyl halides is 2. The normalized spacial score (nSPS) is 11.5. The van der Waals surface area contributed by atoms with Crippen molar-refractivity contribution in [2.45, 2.75) is 11.5 Å². The number of allylic oxidation sites excluding steroid dienone is 1. The van der Waals surface area contributed by atoms with E-state index in [0.29, 0.717) is 23.1 Å². The van der Waals surface area contributed by atoms with Gasteiger partial charge in [-0.05, 0) is 12.1 Å². The summed E-state index contributed by atoms with van der Waals surface area (Å²) < 4.78 is 29.5. The van der Waals surface area contributed by atoms with E-state index < -0.39 is 11.5 Å². The number of carbonyl (C=O) groups is 1. The molecule has 3 nitrogen and oxygen atoms in total. The molecule has 0 saturated carbocycles. The van der Waals surface area contributed by atoms with E-state index in [1.54, 1.807) is 36.4 Å². The number of hydrogen-bond acceptors (Lipinski definition) is 4. The highest BCUT2D eigenvalue weighted by molar-refractivity contribution is 7.98. The minimum absolute atomic E-state index is 0.0278. The minimum Gasteiger partial charge on any atom is -0.461 e. The Labute approximate surface area is 130 Å². The van der Waals surface area contributed by atoms with Gasteiger partial charge in [0.2, 0.25) is 5.78 Å². The van der Waals surface area contributed by atoms with Crippen LogP contribution in [-0.2, 0) is 5.75 Å². The Bertz CT molecular complexity index is 717. The highest BCUT2D eigenvalue weighted by Gasteiger charge is 2.13. The molecule has 2 rings (SSSR count). The monoisotopic (exact) mass is 319 g/mol. The van der Waals surface area contributed by atoms with Crippen molar-refractivity contribution >= 4 is 23.6 Å². The van der Waals surface area contributed by atoms with Gasteiger partial charge < -0.3 is 4.42 Å². The van der Waals surface area contributed by atoms with Crippen molar-refractivity contribution in [2.24, 2.45) is 0 Å². The molecule has 6 heteroatoms. The predicted octanol–water partition coefficient (Wildman–Crippen LogP) is 4.53. The molecule has 0 bridgehead atoms. The number of thioether (sulfide) groups is 1. The Morgan fingerprint density at radius 1 is 1.27 bits per heavy atom. The number of ketones is 1. The molecule has 0 aliphatic carbocycles. The lowest BCUT2D eigenvalue weighted by molar-refractivity contribution is 0.104. The van der Waals surface area contributed by atoms with Crippen LogP contribution >= 0.6 is 11.8 Å². The van der Waals surface area contributed by atoms with Crippen LogP contribution < -0.4 is 0 Å². The van der Waals surface area contributed by atoms with Crippen LogP contribution in [0.15, 0.2) is 52.5 Å². The molecule has 0 aliphatic rings. The van der Waals surface area contributed by atoms with E-state index in [9.17, 15) is 13.6 Å². The summed E-state index contributed by atoms with van der Waals surface area (Å²) in [6, 6.07) is 13.3. The number of benzene rings is 1. The summed E-state index contributed by atoms with van der Waals surface area (Å²) in [7, 11) is 0. The van der Waals surface area contributed by atoms with Crippen molar-refractivity contribution in [3.8, 4) is 6.07 Å². The number of nitrogens with zero attached hydrogens (tertiary/aromatic N) is 1. The zero-order chi connectivity index (χ0) is 15.9. The summed E-state index contributed by atoms with van der Waals surface area (Å²) >= 11 is 0.446. The standard InChI is InChI=1S/C16H11F2NO2S/c17-16(18)22-10-14-7-6-13(21-14)8-12(9-19)15(20)11-4-2-1-3-5-11/h1-8,16H,10H2/b12-8+. The first kappa shape index (κ1) is 16.0. The van der Waals surface area contributed by atoms with Crippen LogP contribution in [0.5, 0.6) is 0 Å². The predicted molar refractivity (Wildman–Crippen MR) is 80.4 cm³/mol. The van der Waals surface area contributed by atoms with Gasteiger partial charge in [-0.2, -0.15) is 14.0 Å². The Morgan fingerprint density at radius 2 is 2.00 bits per heavy atom. The molecule has 22 heavy (non-hydrogen) atoms. The highest BCUT2D eigenvalue weighted by atomic mass is 32.2. The van der Waals surface area contributed by atoms with Crippen LogP contribution in [0.2, 0.25) is 0 Å². The van der Waals surface area contributed by atoms with Crippen molar-refractivity contribution in [2.75, 3.05) is 0 Å². The summed E-state index contributed by atoms with van der Waals surface area (Å²) in [4.78, 5) is 12.2. The third-order valence-corrected chi connectivity index (χ3v) is 3.42. The number of hydrogen-bond donors (Lipinski definition) is 0. The second kappa shape index (κ2) is 7.57. The van der Waals surface area contributed by atoms with Gasteiger partial charge >= 0.3 is 0 Å². The summed E-state index contributed by atoms with van der Waals surface area (Å²) in [5, 5.41) is 9.12. The third-order valence-electron chi connectivity index (χ3n) is 2.72. The number of Topliss-reactive ketones (excluding diaryl/α,β-unsaturated/α-hetero) is 1. The molecule has 1 aromatic heterocycles. The Morgan fingerprint density at radius 3 is 2.64 bits per heavy atom.